The minimum atomic E-state index is -1.81. The lowest BCUT2D eigenvalue weighted by Gasteiger charge is -2.36. The molecule has 1 saturated heterocycles. The van der Waals surface area contributed by atoms with Gasteiger partial charge in [-0.05, 0) is 41.4 Å². The van der Waals surface area contributed by atoms with E-state index in [4.69, 9.17) is 4.74 Å². The first-order chi connectivity index (χ1) is 14.3. The van der Waals surface area contributed by atoms with Crippen molar-refractivity contribution in [1.29, 1.82) is 0 Å². The largest absolute Gasteiger partial charge is 0.369 e. The van der Waals surface area contributed by atoms with Crippen LogP contribution in [-0.2, 0) is 4.74 Å². The molecule has 3 aromatic carbocycles. The van der Waals surface area contributed by atoms with Crippen LogP contribution in [0.2, 0.25) is 18.1 Å². The van der Waals surface area contributed by atoms with Crippen molar-refractivity contribution in [2.45, 2.75) is 50.7 Å². The van der Waals surface area contributed by atoms with E-state index >= 15 is 0 Å². The third-order valence-electron chi connectivity index (χ3n) is 7.27. The molecule has 0 amide bonds. The summed E-state index contributed by atoms with van der Waals surface area (Å²) in [5, 5.41) is 4.69. The van der Waals surface area contributed by atoms with Crippen molar-refractivity contribution < 1.29 is 4.74 Å². The molecule has 2 atom stereocenters. The zero-order valence-electron chi connectivity index (χ0n) is 18.9. The van der Waals surface area contributed by atoms with Crippen LogP contribution in [0, 0.1) is 0 Å². The Morgan fingerprint density at radius 1 is 0.700 bits per heavy atom. The molecule has 4 rings (SSSR count). The van der Waals surface area contributed by atoms with Gasteiger partial charge < -0.3 is 4.74 Å². The van der Waals surface area contributed by atoms with Crippen LogP contribution in [0.3, 0.4) is 0 Å². The predicted molar refractivity (Wildman–Crippen MR) is 136 cm³/mol. The Balaban J connectivity index is 1.83. The van der Waals surface area contributed by atoms with Gasteiger partial charge in [0.05, 0.1) is 13.8 Å². The van der Waals surface area contributed by atoms with E-state index in [1.54, 1.807) is 0 Å². The highest BCUT2D eigenvalue weighted by Crippen LogP contribution is 2.59. The minimum Gasteiger partial charge on any atom is -0.369 e. The second kappa shape index (κ2) is 8.08. The Bertz CT molecular complexity index is 867. The third-order valence-corrected chi connectivity index (χ3v) is 17.5. The molecule has 30 heavy (non-hydrogen) atoms. The van der Waals surface area contributed by atoms with Gasteiger partial charge in [0.2, 0.25) is 0 Å². The smallest absolute Gasteiger partial charge is 0.115 e. The van der Waals surface area contributed by atoms with E-state index in [0.717, 1.165) is 6.16 Å². The zero-order valence-corrected chi connectivity index (χ0v) is 20.8. The normalized spacial score (nSPS) is 19.5. The molecule has 1 fully saturated rings. The van der Waals surface area contributed by atoms with Gasteiger partial charge in [-0.2, -0.15) is 0 Å². The SMILES string of the molecule is CC(C)(C)[Si](C)(C)C1OC1C[P+](c1ccccc1)(c1ccccc1)c1ccccc1. The first-order valence-corrected chi connectivity index (χ1v) is 16.0. The average molecular weight is 434 g/mol. The van der Waals surface area contributed by atoms with Crippen molar-refractivity contribution >= 4 is 31.2 Å². The number of ether oxygens (including phenoxy) is 1. The molecular weight excluding hydrogens is 399 g/mol. The fraction of sp³-hybridized carbons (Fsp3) is 0.333. The Hall–Kier alpha value is -1.73. The average Bonchev–Trinajstić information content (AvgIpc) is 3.53. The molecule has 0 N–H and O–H groups in total. The third kappa shape index (κ3) is 3.82. The second-order valence-corrected chi connectivity index (χ2v) is 19.1. The summed E-state index contributed by atoms with van der Waals surface area (Å²) in [6.45, 7) is 12.2. The summed E-state index contributed by atoms with van der Waals surface area (Å²) in [5.74, 6) is 0. The molecule has 0 saturated carbocycles. The van der Waals surface area contributed by atoms with Crippen LogP contribution in [0.1, 0.15) is 20.8 Å². The van der Waals surface area contributed by atoms with Crippen LogP contribution in [0.4, 0.5) is 0 Å². The maximum absolute atomic E-state index is 6.52. The van der Waals surface area contributed by atoms with E-state index in [1.807, 2.05) is 0 Å². The van der Waals surface area contributed by atoms with E-state index in [2.05, 4.69) is 125 Å². The van der Waals surface area contributed by atoms with E-state index < -0.39 is 15.3 Å². The summed E-state index contributed by atoms with van der Waals surface area (Å²) in [6.07, 6.45) is 1.43. The number of hydrogen-bond donors (Lipinski definition) is 0. The number of rotatable bonds is 6. The zero-order chi connectivity index (χ0) is 21.4. The lowest BCUT2D eigenvalue weighted by molar-refractivity contribution is 0.405. The fourth-order valence-electron chi connectivity index (χ4n) is 4.42. The van der Waals surface area contributed by atoms with Gasteiger partial charge in [0.1, 0.15) is 35.4 Å². The van der Waals surface area contributed by atoms with Gasteiger partial charge in [0, 0.05) is 0 Å². The molecular formula is C27H34OPSi+. The summed E-state index contributed by atoms with van der Waals surface area (Å²) in [6, 6.07) is 33.5. The van der Waals surface area contributed by atoms with Gasteiger partial charge in [0.25, 0.3) is 0 Å². The maximum Gasteiger partial charge on any atom is 0.115 e. The van der Waals surface area contributed by atoms with Gasteiger partial charge in [-0.1, -0.05) is 88.5 Å². The van der Waals surface area contributed by atoms with Gasteiger partial charge in [-0.15, -0.1) is 0 Å². The minimum absolute atomic E-state index is 0.333. The molecule has 1 aliphatic heterocycles. The van der Waals surface area contributed by atoms with Gasteiger partial charge >= 0.3 is 0 Å². The topological polar surface area (TPSA) is 12.5 Å². The van der Waals surface area contributed by atoms with Crippen molar-refractivity contribution in [1.82, 2.24) is 0 Å². The molecule has 0 bridgehead atoms. The van der Waals surface area contributed by atoms with E-state index in [-0.39, 0.29) is 0 Å². The second-order valence-electron chi connectivity index (χ2n) is 10.1. The van der Waals surface area contributed by atoms with Gasteiger partial charge in [0.15, 0.2) is 0 Å². The molecule has 0 aliphatic carbocycles. The Labute approximate surface area is 183 Å². The van der Waals surface area contributed by atoms with Crippen LogP contribution < -0.4 is 15.9 Å². The van der Waals surface area contributed by atoms with Gasteiger partial charge in [-0.25, -0.2) is 0 Å². The highest BCUT2D eigenvalue weighted by Gasteiger charge is 2.61. The molecule has 0 radical (unpaired) electrons. The maximum atomic E-state index is 6.52. The molecule has 3 aromatic rings. The highest BCUT2D eigenvalue weighted by atomic mass is 31.2. The summed E-state index contributed by atoms with van der Waals surface area (Å²) in [7, 11) is -3.35. The van der Waals surface area contributed by atoms with Crippen LogP contribution in [0.25, 0.3) is 0 Å². The lowest BCUT2D eigenvalue weighted by Crippen LogP contribution is -2.45. The van der Waals surface area contributed by atoms with Crippen LogP contribution in [0.5, 0.6) is 0 Å². The predicted octanol–water partition coefficient (Wildman–Crippen LogP) is 5.80. The van der Waals surface area contributed by atoms with Gasteiger partial charge in [-0.3, -0.25) is 0 Å². The highest BCUT2D eigenvalue weighted by molar-refractivity contribution is 7.95. The van der Waals surface area contributed by atoms with E-state index in [9.17, 15) is 0 Å². The first-order valence-electron chi connectivity index (χ1n) is 11.0. The fourth-order valence-corrected chi connectivity index (χ4v) is 11.4. The van der Waals surface area contributed by atoms with Crippen molar-refractivity contribution in [3.05, 3.63) is 91.0 Å². The van der Waals surface area contributed by atoms with Crippen molar-refractivity contribution in [3.63, 3.8) is 0 Å². The molecule has 1 heterocycles. The Kier molecular flexibility index (Phi) is 5.79. The molecule has 0 aromatic heterocycles. The van der Waals surface area contributed by atoms with E-state index in [1.165, 1.54) is 15.9 Å². The Morgan fingerprint density at radius 2 is 1.07 bits per heavy atom. The number of benzene rings is 3. The summed E-state index contributed by atoms with van der Waals surface area (Å²) in [4.78, 5) is 0. The molecule has 2 unspecified atom stereocenters. The summed E-state index contributed by atoms with van der Waals surface area (Å²) in [5.41, 5.74) is 0.438. The van der Waals surface area contributed by atoms with E-state index in [0.29, 0.717) is 16.9 Å². The van der Waals surface area contributed by atoms with Crippen molar-refractivity contribution in [2.24, 2.45) is 0 Å². The quantitative estimate of drug-likeness (QED) is 0.272. The monoisotopic (exact) mass is 433 g/mol. The molecule has 1 nitrogen and oxygen atoms in total. The molecule has 156 valence electrons. The lowest BCUT2D eigenvalue weighted by atomic mass is 10.2. The molecule has 1 aliphatic rings. The summed E-state index contributed by atoms with van der Waals surface area (Å²) < 4.78 is 6.52. The summed E-state index contributed by atoms with van der Waals surface area (Å²) >= 11 is 0. The number of epoxide rings is 1. The van der Waals surface area contributed by atoms with Crippen molar-refractivity contribution in [2.75, 3.05) is 6.16 Å². The molecule has 3 heteroatoms. The molecule has 0 spiro atoms. The standard InChI is InChI=1S/C27H34OPSi/c1-27(2,3)30(4,5)26-25(28-26)21-29(22-15-9-6-10-16-22,23-17-11-7-12-18-23)24-19-13-8-14-20-24/h6-20,25-26H,21H2,1-5H3/q+1. The van der Waals surface area contributed by atoms with Crippen LogP contribution in [-0.4, -0.2) is 26.1 Å². The Morgan fingerprint density at radius 3 is 1.40 bits per heavy atom. The number of hydrogen-bond acceptors (Lipinski definition) is 1. The van der Waals surface area contributed by atoms with Crippen LogP contribution >= 0.6 is 7.26 Å². The van der Waals surface area contributed by atoms with Crippen molar-refractivity contribution in [3.8, 4) is 0 Å². The first kappa shape index (κ1) is 21.5. The van der Waals surface area contributed by atoms with Crippen LogP contribution in [0.15, 0.2) is 91.0 Å².